The van der Waals surface area contributed by atoms with Gasteiger partial charge in [0.05, 0.1) is 13.2 Å². The van der Waals surface area contributed by atoms with Crippen LogP contribution in [0.1, 0.15) is 52.0 Å². The third-order valence-electron chi connectivity index (χ3n) is 4.17. The fraction of sp³-hybridized carbons (Fsp3) is 0.579. The van der Waals surface area contributed by atoms with E-state index in [0.29, 0.717) is 12.8 Å². The lowest BCUT2D eigenvalue weighted by Gasteiger charge is -2.27. The predicted molar refractivity (Wildman–Crippen MR) is 97.7 cm³/mol. The van der Waals surface area contributed by atoms with Crippen LogP contribution in [0, 0.1) is 5.41 Å². The summed E-state index contributed by atoms with van der Waals surface area (Å²) >= 11 is 3.42. The predicted octanol–water partition coefficient (Wildman–Crippen LogP) is 4.68. The Morgan fingerprint density at radius 1 is 0.958 bits per heavy atom. The van der Waals surface area contributed by atoms with Crippen LogP contribution in [0.25, 0.3) is 0 Å². The fourth-order valence-electron chi connectivity index (χ4n) is 2.70. The second-order valence-corrected chi connectivity index (χ2v) is 6.63. The summed E-state index contributed by atoms with van der Waals surface area (Å²) in [5.74, 6) is -0.927. The number of unbranched alkanes of at least 4 members (excludes halogenated alkanes) is 1. The largest absolute Gasteiger partial charge is 0.465 e. The zero-order valence-corrected chi connectivity index (χ0v) is 16.4. The fourth-order valence-corrected chi connectivity index (χ4v) is 2.96. The SMILES string of the molecule is CCOC(=O)C(CC)(CCCCc1ccc(Br)cc1)C(=O)OCC. The number of ether oxygens (including phenoxy) is 2. The van der Waals surface area contributed by atoms with Crippen LogP contribution < -0.4 is 0 Å². The van der Waals surface area contributed by atoms with Crippen LogP contribution in [0.2, 0.25) is 0 Å². The molecule has 0 bridgehead atoms. The number of esters is 2. The van der Waals surface area contributed by atoms with E-state index in [0.717, 1.165) is 23.7 Å². The van der Waals surface area contributed by atoms with Gasteiger partial charge in [-0.3, -0.25) is 9.59 Å². The van der Waals surface area contributed by atoms with Gasteiger partial charge in [0.1, 0.15) is 0 Å². The minimum absolute atomic E-state index is 0.263. The highest BCUT2D eigenvalue weighted by molar-refractivity contribution is 9.10. The van der Waals surface area contributed by atoms with Gasteiger partial charge in [-0.05, 0) is 57.2 Å². The maximum Gasteiger partial charge on any atom is 0.323 e. The van der Waals surface area contributed by atoms with Crippen LogP contribution in [0.4, 0.5) is 0 Å². The summed E-state index contributed by atoms with van der Waals surface area (Å²) in [6.45, 7) is 5.86. The number of carbonyl (C=O) groups is 2. The van der Waals surface area contributed by atoms with E-state index < -0.39 is 17.4 Å². The summed E-state index contributed by atoms with van der Waals surface area (Å²) in [4.78, 5) is 24.8. The molecular formula is C19H27BrO4. The number of hydrogen-bond acceptors (Lipinski definition) is 4. The van der Waals surface area contributed by atoms with Gasteiger partial charge in [0.25, 0.3) is 0 Å². The van der Waals surface area contributed by atoms with E-state index >= 15 is 0 Å². The quantitative estimate of drug-likeness (QED) is 0.326. The van der Waals surface area contributed by atoms with Crippen molar-refractivity contribution in [1.82, 2.24) is 0 Å². The van der Waals surface area contributed by atoms with E-state index in [9.17, 15) is 9.59 Å². The monoisotopic (exact) mass is 398 g/mol. The first-order chi connectivity index (χ1) is 11.5. The number of rotatable bonds is 10. The molecule has 1 rings (SSSR count). The van der Waals surface area contributed by atoms with Gasteiger partial charge >= 0.3 is 11.9 Å². The van der Waals surface area contributed by atoms with Crippen molar-refractivity contribution in [2.45, 2.75) is 52.9 Å². The van der Waals surface area contributed by atoms with Crippen molar-refractivity contribution < 1.29 is 19.1 Å². The number of hydrogen-bond donors (Lipinski definition) is 0. The zero-order valence-electron chi connectivity index (χ0n) is 14.8. The molecule has 0 radical (unpaired) electrons. The van der Waals surface area contributed by atoms with E-state index in [1.165, 1.54) is 5.56 Å². The first-order valence-electron chi connectivity index (χ1n) is 8.59. The molecule has 5 heteroatoms. The highest BCUT2D eigenvalue weighted by Crippen LogP contribution is 2.33. The van der Waals surface area contributed by atoms with Crippen molar-refractivity contribution in [3.05, 3.63) is 34.3 Å². The summed E-state index contributed by atoms with van der Waals surface area (Å²) < 4.78 is 11.4. The minimum Gasteiger partial charge on any atom is -0.465 e. The molecule has 4 nitrogen and oxygen atoms in total. The third kappa shape index (κ3) is 5.62. The second kappa shape index (κ2) is 10.5. The van der Waals surface area contributed by atoms with Gasteiger partial charge in [-0.25, -0.2) is 0 Å². The van der Waals surface area contributed by atoms with Crippen molar-refractivity contribution in [2.75, 3.05) is 13.2 Å². The average Bonchev–Trinajstić information content (AvgIpc) is 2.57. The molecule has 0 aliphatic heterocycles. The Morgan fingerprint density at radius 3 is 1.96 bits per heavy atom. The molecule has 0 N–H and O–H groups in total. The molecule has 0 amide bonds. The third-order valence-corrected chi connectivity index (χ3v) is 4.70. The van der Waals surface area contributed by atoms with Crippen molar-refractivity contribution in [2.24, 2.45) is 5.41 Å². The molecule has 1 aromatic carbocycles. The second-order valence-electron chi connectivity index (χ2n) is 5.71. The van der Waals surface area contributed by atoms with E-state index in [-0.39, 0.29) is 13.2 Å². The molecule has 0 unspecified atom stereocenters. The molecule has 0 heterocycles. The molecule has 0 aromatic heterocycles. The van der Waals surface area contributed by atoms with Gasteiger partial charge in [0.2, 0.25) is 0 Å². The lowest BCUT2D eigenvalue weighted by Crippen LogP contribution is -2.41. The molecular weight excluding hydrogens is 372 g/mol. The summed E-state index contributed by atoms with van der Waals surface area (Å²) in [7, 11) is 0. The minimum atomic E-state index is -1.17. The van der Waals surface area contributed by atoms with E-state index in [4.69, 9.17) is 9.47 Å². The summed E-state index contributed by atoms with van der Waals surface area (Å²) in [5.41, 5.74) is 0.0683. The molecule has 134 valence electrons. The summed E-state index contributed by atoms with van der Waals surface area (Å²) in [6.07, 6.45) is 3.43. The van der Waals surface area contributed by atoms with Gasteiger partial charge in [-0.15, -0.1) is 0 Å². The van der Waals surface area contributed by atoms with Crippen LogP contribution in [-0.4, -0.2) is 25.2 Å². The Hall–Kier alpha value is -1.36. The van der Waals surface area contributed by atoms with Crippen LogP contribution in [-0.2, 0) is 25.5 Å². The van der Waals surface area contributed by atoms with Gasteiger partial charge in [-0.2, -0.15) is 0 Å². The zero-order chi connectivity index (χ0) is 18.0. The Labute approximate surface area is 153 Å². The van der Waals surface area contributed by atoms with Gasteiger partial charge in [-0.1, -0.05) is 41.4 Å². The number of carbonyl (C=O) groups excluding carboxylic acids is 2. The molecule has 0 atom stereocenters. The van der Waals surface area contributed by atoms with Crippen molar-refractivity contribution in [3.8, 4) is 0 Å². The van der Waals surface area contributed by atoms with E-state index in [1.807, 2.05) is 19.1 Å². The lowest BCUT2D eigenvalue weighted by atomic mass is 9.79. The van der Waals surface area contributed by atoms with Gasteiger partial charge < -0.3 is 9.47 Å². The van der Waals surface area contributed by atoms with Crippen LogP contribution in [0.3, 0.4) is 0 Å². The summed E-state index contributed by atoms with van der Waals surface area (Å²) in [5, 5.41) is 0. The molecule has 0 aliphatic rings. The van der Waals surface area contributed by atoms with E-state index in [1.54, 1.807) is 13.8 Å². The maximum atomic E-state index is 12.4. The van der Waals surface area contributed by atoms with Crippen molar-refractivity contribution in [3.63, 3.8) is 0 Å². The first kappa shape index (κ1) is 20.7. The highest BCUT2D eigenvalue weighted by Gasteiger charge is 2.46. The summed E-state index contributed by atoms with van der Waals surface area (Å²) in [6, 6.07) is 8.19. The Bertz CT molecular complexity index is 507. The van der Waals surface area contributed by atoms with Crippen molar-refractivity contribution in [1.29, 1.82) is 0 Å². The molecule has 0 fully saturated rings. The van der Waals surface area contributed by atoms with Gasteiger partial charge in [0.15, 0.2) is 5.41 Å². The maximum absolute atomic E-state index is 12.4. The normalized spacial score (nSPS) is 11.2. The number of benzene rings is 1. The van der Waals surface area contributed by atoms with Crippen molar-refractivity contribution >= 4 is 27.9 Å². The molecule has 0 saturated carbocycles. The van der Waals surface area contributed by atoms with Gasteiger partial charge in [0, 0.05) is 4.47 Å². The van der Waals surface area contributed by atoms with Crippen LogP contribution in [0.5, 0.6) is 0 Å². The topological polar surface area (TPSA) is 52.6 Å². The van der Waals surface area contributed by atoms with Crippen LogP contribution >= 0.6 is 15.9 Å². The molecule has 0 spiro atoms. The molecule has 0 aliphatic carbocycles. The standard InChI is InChI=1S/C19H27BrO4/c1-4-19(17(21)23-5-2,18(22)24-6-3)14-8-7-9-15-10-12-16(20)13-11-15/h10-13H,4-9,14H2,1-3H3. The number of aryl methyl sites for hydroxylation is 1. The molecule has 1 aromatic rings. The number of halogens is 1. The Morgan fingerprint density at radius 2 is 1.50 bits per heavy atom. The molecule has 24 heavy (non-hydrogen) atoms. The highest BCUT2D eigenvalue weighted by atomic mass is 79.9. The average molecular weight is 399 g/mol. The molecule has 0 saturated heterocycles. The van der Waals surface area contributed by atoms with E-state index in [2.05, 4.69) is 28.1 Å². The van der Waals surface area contributed by atoms with Crippen LogP contribution in [0.15, 0.2) is 28.7 Å². The lowest BCUT2D eigenvalue weighted by molar-refractivity contribution is -0.173. The Kier molecular flexibility index (Phi) is 9.04. The first-order valence-corrected chi connectivity index (χ1v) is 9.38. The Balaban J connectivity index is 2.68. The smallest absolute Gasteiger partial charge is 0.323 e.